The van der Waals surface area contributed by atoms with Crippen LogP contribution in [0.25, 0.3) is 22.2 Å². The second kappa shape index (κ2) is 6.83. The molecular weight excluding hydrogens is 388 g/mol. The van der Waals surface area contributed by atoms with Gasteiger partial charge >= 0.3 is 0 Å². The van der Waals surface area contributed by atoms with Crippen molar-refractivity contribution < 1.29 is 14.4 Å². The first-order valence-corrected chi connectivity index (χ1v) is 10.0. The van der Waals surface area contributed by atoms with Crippen molar-refractivity contribution in [3.8, 4) is 23.2 Å². The van der Waals surface area contributed by atoms with Gasteiger partial charge in [0.15, 0.2) is 11.5 Å². The van der Waals surface area contributed by atoms with E-state index in [-0.39, 0.29) is 5.78 Å². The predicted molar refractivity (Wildman–Crippen MR) is 121 cm³/mol. The average Bonchev–Trinajstić information content (AvgIpc) is 3.16. The molecule has 2 N–H and O–H groups in total. The summed E-state index contributed by atoms with van der Waals surface area (Å²) in [6.45, 7) is 5.25. The maximum atomic E-state index is 13.5. The lowest BCUT2D eigenvalue weighted by Crippen LogP contribution is -2.15. The van der Waals surface area contributed by atoms with Crippen LogP contribution in [-0.2, 0) is 0 Å². The predicted octanol–water partition coefficient (Wildman–Crippen LogP) is 5.21. The molecule has 0 amide bonds. The van der Waals surface area contributed by atoms with Gasteiger partial charge in [-0.25, -0.2) is 0 Å². The number of aromatic nitrogens is 1. The van der Waals surface area contributed by atoms with Crippen molar-refractivity contribution in [1.82, 2.24) is 5.16 Å². The number of nitrogens with one attached hydrogen (secondary N) is 1. The van der Waals surface area contributed by atoms with Gasteiger partial charge in [-0.1, -0.05) is 53.4 Å². The summed E-state index contributed by atoms with van der Waals surface area (Å²) >= 11 is 0. The molecule has 0 atom stereocenters. The molecule has 1 aromatic heterocycles. The molecule has 0 saturated heterocycles. The van der Waals surface area contributed by atoms with Crippen molar-refractivity contribution in [2.75, 3.05) is 5.32 Å². The highest BCUT2D eigenvalue weighted by Gasteiger charge is 2.32. The van der Waals surface area contributed by atoms with Crippen molar-refractivity contribution in [3.63, 3.8) is 0 Å². The number of carbonyl (C=O) groups excluding carboxylic acids is 1. The number of hydrogen-bond acceptors (Lipinski definition) is 5. The highest BCUT2D eigenvalue weighted by atomic mass is 16.5. The minimum atomic E-state index is -1.17. The van der Waals surface area contributed by atoms with Gasteiger partial charge in [0.05, 0.1) is 22.2 Å². The fourth-order valence-electron chi connectivity index (χ4n) is 3.85. The molecule has 31 heavy (non-hydrogen) atoms. The number of benzene rings is 3. The molecule has 0 spiro atoms. The van der Waals surface area contributed by atoms with Crippen molar-refractivity contribution >= 4 is 28.1 Å². The Bertz CT molecular complexity index is 1430. The summed E-state index contributed by atoms with van der Waals surface area (Å²) in [5, 5.41) is 18.4. The third-order valence-corrected chi connectivity index (χ3v) is 5.20. The van der Waals surface area contributed by atoms with E-state index in [1.54, 1.807) is 26.0 Å². The summed E-state index contributed by atoms with van der Waals surface area (Å²) in [5.41, 5.74) is 4.33. The SMILES string of the molecule is Cc1cccc(Nc2cc(C#CC(C)(C)O)c3noc4c3c2C(=O)c2ccccc2-4)c1. The Morgan fingerprint density at radius 2 is 1.84 bits per heavy atom. The van der Waals surface area contributed by atoms with E-state index in [4.69, 9.17) is 4.52 Å². The lowest BCUT2D eigenvalue weighted by Gasteiger charge is -2.19. The van der Waals surface area contributed by atoms with E-state index < -0.39 is 5.60 Å². The van der Waals surface area contributed by atoms with Gasteiger partial charge in [0.25, 0.3) is 0 Å². The highest BCUT2D eigenvalue weighted by molar-refractivity contribution is 6.28. The van der Waals surface area contributed by atoms with Gasteiger partial charge in [0, 0.05) is 16.8 Å². The number of rotatable bonds is 2. The highest BCUT2D eigenvalue weighted by Crippen LogP contribution is 2.44. The minimum Gasteiger partial charge on any atom is -0.378 e. The topological polar surface area (TPSA) is 75.4 Å². The monoisotopic (exact) mass is 408 g/mol. The normalized spacial score (nSPS) is 12.3. The number of ketones is 1. The van der Waals surface area contributed by atoms with Crippen LogP contribution in [0.2, 0.25) is 0 Å². The maximum absolute atomic E-state index is 13.5. The van der Waals surface area contributed by atoms with Gasteiger partial charge in [0.1, 0.15) is 11.1 Å². The van der Waals surface area contributed by atoms with Gasteiger partial charge in [-0.3, -0.25) is 4.79 Å². The standard InChI is InChI=1S/C26H20N2O3/c1-15-7-6-8-17(13-15)27-20-14-16(11-12-26(2,3)30)23-22-21(20)24(29)18-9-4-5-10-19(18)25(22)31-28-23/h4-10,13-14,27,30H,1-3H3. The Hall–Kier alpha value is -3.88. The lowest BCUT2D eigenvalue weighted by molar-refractivity contribution is 0.104. The Labute approximate surface area is 179 Å². The summed E-state index contributed by atoms with van der Waals surface area (Å²) in [6, 6.07) is 17.1. The zero-order valence-electron chi connectivity index (χ0n) is 17.4. The average molecular weight is 408 g/mol. The Morgan fingerprint density at radius 3 is 2.58 bits per heavy atom. The fourth-order valence-corrected chi connectivity index (χ4v) is 3.85. The van der Waals surface area contributed by atoms with Gasteiger partial charge in [0.2, 0.25) is 0 Å². The molecule has 5 heteroatoms. The van der Waals surface area contributed by atoms with Crippen molar-refractivity contribution in [3.05, 3.63) is 76.9 Å². The Morgan fingerprint density at radius 1 is 1.06 bits per heavy atom. The van der Waals surface area contributed by atoms with Crippen LogP contribution < -0.4 is 5.32 Å². The zero-order valence-corrected chi connectivity index (χ0v) is 17.4. The Kier molecular flexibility index (Phi) is 4.21. The third-order valence-electron chi connectivity index (χ3n) is 5.20. The summed E-state index contributed by atoms with van der Waals surface area (Å²) in [6.07, 6.45) is 0. The zero-order chi connectivity index (χ0) is 21.8. The van der Waals surface area contributed by atoms with Crippen LogP contribution in [-0.4, -0.2) is 21.6 Å². The van der Waals surface area contributed by atoms with E-state index >= 15 is 0 Å². The molecule has 152 valence electrons. The number of hydrogen-bond donors (Lipinski definition) is 2. The van der Waals surface area contributed by atoms with E-state index in [1.807, 2.05) is 49.4 Å². The number of fused-ring (bicyclic) bond motifs is 2. The molecule has 0 aliphatic heterocycles. The molecule has 0 saturated carbocycles. The summed E-state index contributed by atoms with van der Waals surface area (Å²) in [5.74, 6) is 6.32. The van der Waals surface area contributed by atoms with E-state index in [0.29, 0.717) is 39.0 Å². The quantitative estimate of drug-likeness (QED) is 0.392. The van der Waals surface area contributed by atoms with Gasteiger partial charge < -0.3 is 14.9 Å². The number of carbonyl (C=O) groups is 1. The summed E-state index contributed by atoms with van der Waals surface area (Å²) in [4.78, 5) is 13.5. The molecule has 0 radical (unpaired) electrons. The molecule has 3 aromatic carbocycles. The summed E-state index contributed by atoms with van der Waals surface area (Å²) < 4.78 is 5.71. The van der Waals surface area contributed by atoms with Crippen LogP contribution in [0, 0.1) is 18.8 Å². The first-order chi connectivity index (χ1) is 14.8. The van der Waals surface area contributed by atoms with Crippen molar-refractivity contribution in [2.45, 2.75) is 26.4 Å². The molecule has 1 heterocycles. The fraction of sp³-hybridized carbons (Fsp3) is 0.154. The smallest absolute Gasteiger partial charge is 0.196 e. The maximum Gasteiger partial charge on any atom is 0.196 e. The van der Waals surface area contributed by atoms with E-state index in [0.717, 1.165) is 16.8 Å². The van der Waals surface area contributed by atoms with Crippen molar-refractivity contribution in [1.29, 1.82) is 0 Å². The lowest BCUT2D eigenvalue weighted by atomic mass is 9.85. The molecular formula is C26H20N2O3. The minimum absolute atomic E-state index is 0.0894. The van der Waals surface area contributed by atoms with Gasteiger partial charge in [-0.15, -0.1) is 0 Å². The molecule has 1 aliphatic rings. The summed E-state index contributed by atoms with van der Waals surface area (Å²) in [7, 11) is 0. The van der Waals surface area contributed by atoms with Gasteiger partial charge in [-0.2, -0.15) is 0 Å². The number of nitrogens with zero attached hydrogens (tertiary/aromatic N) is 1. The molecule has 5 nitrogen and oxygen atoms in total. The van der Waals surface area contributed by atoms with E-state index in [2.05, 4.69) is 22.3 Å². The molecule has 1 aliphatic carbocycles. The first-order valence-electron chi connectivity index (χ1n) is 10.0. The first kappa shape index (κ1) is 19.1. The van der Waals surface area contributed by atoms with E-state index in [9.17, 15) is 9.90 Å². The van der Waals surface area contributed by atoms with Gasteiger partial charge in [-0.05, 0) is 44.5 Å². The second-order valence-electron chi connectivity index (χ2n) is 8.26. The number of anilines is 2. The van der Waals surface area contributed by atoms with E-state index in [1.165, 1.54) is 0 Å². The Balaban J connectivity index is 1.81. The number of aliphatic hydroxyl groups is 1. The molecule has 5 rings (SSSR count). The molecule has 4 aromatic rings. The third kappa shape index (κ3) is 3.27. The van der Waals surface area contributed by atoms with Crippen LogP contribution in [0.4, 0.5) is 11.4 Å². The molecule has 0 bridgehead atoms. The number of aryl methyl sites for hydroxylation is 1. The van der Waals surface area contributed by atoms with Crippen LogP contribution in [0.3, 0.4) is 0 Å². The van der Waals surface area contributed by atoms with Crippen LogP contribution in [0.15, 0.2) is 59.1 Å². The largest absolute Gasteiger partial charge is 0.378 e. The second-order valence-corrected chi connectivity index (χ2v) is 8.26. The van der Waals surface area contributed by atoms with Crippen LogP contribution >= 0.6 is 0 Å². The van der Waals surface area contributed by atoms with Crippen LogP contribution in [0.1, 0.15) is 40.9 Å². The molecule has 0 unspecified atom stereocenters. The van der Waals surface area contributed by atoms with Crippen molar-refractivity contribution in [2.24, 2.45) is 0 Å². The van der Waals surface area contributed by atoms with Crippen LogP contribution in [0.5, 0.6) is 0 Å². The molecule has 0 fully saturated rings.